The van der Waals surface area contributed by atoms with Crippen LogP contribution in [0.5, 0.6) is 0 Å². The summed E-state index contributed by atoms with van der Waals surface area (Å²) in [5, 5.41) is 3.39. The predicted octanol–water partition coefficient (Wildman–Crippen LogP) is 0.496. The number of hydrogen-bond donors (Lipinski definition) is 1. The third-order valence-corrected chi connectivity index (χ3v) is 2.61. The first-order valence-corrected chi connectivity index (χ1v) is 6.36. The second-order valence-corrected chi connectivity index (χ2v) is 4.19. The molecule has 4 nitrogen and oxygen atoms in total. The molecular formula is C12H29N3O. The van der Waals surface area contributed by atoms with E-state index in [0.717, 1.165) is 52.5 Å². The van der Waals surface area contributed by atoms with Crippen molar-refractivity contribution in [3.05, 3.63) is 0 Å². The maximum Gasteiger partial charge on any atom is 0.0593 e. The van der Waals surface area contributed by atoms with Crippen LogP contribution in [0.3, 0.4) is 0 Å². The van der Waals surface area contributed by atoms with E-state index in [1.54, 1.807) is 0 Å². The standard InChI is InChI=1S/C12H29N3O/c1-5-15(6-2)9-7-13-8-11-16-12-10-14(3)4/h13H,5-12H2,1-4H3. The maximum atomic E-state index is 5.49. The zero-order chi connectivity index (χ0) is 12.2. The van der Waals surface area contributed by atoms with Crippen LogP contribution in [0.4, 0.5) is 0 Å². The van der Waals surface area contributed by atoms with Crippen LogP contribution < -0.4 is 5.32 Å². The molecule has 0 aromatic carbocycles. The smallest absolute Gasteiger partial charge is 0.0593 e. The lowest BCUT2D eigenvalue weighted by Gasteiger charge is -2.18. The van der Waals surface area contributed by atoms with E-state index >= 15 is 0 Å². The summed E-state index contributed by atoms with van der Waals surface area (Å²) in [7, 11) is 4.12. The van der Waals surface area contributed by atoms with Crippen LogP contribution in [0.1, 0.15) is 13.8 Å². The zero-order valence-electron chi connectivity index (χ0n) is 11.5. The number of nitrogens with one attached hydrogen (secondary N) is 1. The average Bonchev–Trinajstić information content (AvgIpc) is 2.27. The summed E-state index contributed by atoms with van der Waals surface area (Å²) in [6.07, 6.45) is 0. The third kappa shape index (κ3) is 10.4. The lowest BCUT2D eigenvalue weighted by atomic mass is 10.4. The first-order chi connectivity index (χ1) is 7.70. The third-order valence-electron chi connectivity index (χ3n) is 2.61. The highest BCUT2D eigenvalue weighted by Gasteiger charge is 1.97. The fraction of sp³-hybridized carbons (Fsp3) is 1.00. The van der Waals surface area contributed by atoms with Crippen molar-refractivity contribution in [2.75, 3.05) is 66.6 Å². The Morgan fingerprint density at radius 2 is 1.62 bits per heavy atom. The van der Waals surface area contributed by atoms with Crippen LogP contribution in [0.15, 0.2) is 0 Å². The van der Waals surface area contributed by atoms with Gasteiger partial charge in [-0.15, -0.1) is 0 Å². The molecule has 0 bridgehead atoms. The molecular weight excluding hydrogens is 202 g/mol. The molecule has 0 saturated heterocycles. The Labute approximate surface area is 101 Å². The van der Waals surface area contributed by atoms with Gasteiger partial charge in [-0.05, 0) is 27.2 Å². The number of ether oxygens (including phenoxy) is 1. The monoisotopic (exact) mass is 231 g/mol. The van der Waals surface area contributed by atoms with Crippen molar-refractivity contribution >= 4 is 0 Å². The molecule has 0 aliphatic rings. The van der Waals surface area contributed by atoms with Crippen molar-refractivity contribution in [1.82, 2.24) is 15.1 Å². The van der Waals surface area contributed by atoms with Crippen LogP contribution in [-0.2, 0) is 4.74 Å². The highest BCUT2D eigenvalue weighted by molar-refractivity contribution is 4.55. The normalized spacial score (nSPS) is 11.6. The number of rotatable bonds is 11. The van der Waals surface area contributed by atoms with E-state index < -0.39 is 0 Å². The summed E-state index contributed by atoms with van der Waals surface area (Å²) in [6, 6.07) is 0. The van der Waals surface area contributed by atoms with Crippen LogP contribution in [0.2, 0.25) is 0 Å². The van der Waals surface area contributed by atoms with Crippen LogP contribution in [0, 0.1) is 0 Å². The van der Waals surface area contributed by atoms with Crippen molar-refractivity contribution in [2.24, 2.45) is 0 Å². The van der Waals surface area contributed by atoms with Gasteiger partial charge < -0.3 is 19.9 Å². The molecule has 0 aliphatic heterocycles. The van der Waals surface area contributed by atoms with Gasteiger partial charge in [0.15, 0.2) is 0 Å². The van der Waals surface area contributed by atoms with Gasteiger partial charge in [-0.1, -0.05) is 13.8 Å². The molecule has 0 spiro atoms. The molecule has 0 fully saturated rings. The van der Waals surface area contributed by atoms with Gasteiger partial charge in [0.2, 0.25) is 0 Å². The fourth-order valence-corrected chi connectivity index (χ4v) is 1.40. The number of likely N-dealkylation sites (N-methyl/N-ethyl adjacent to an activating group) is 2. The Hall–Kier alpha value is -0.160. The Morgan fingerprint density at radius 1 is 0.938 bits per heavy atom. The van der Waals surface area contributed by atoms with Crippen molar-refractivity contribution in [3.8, 4) is 0 Å². The van der Waals surface area contributed by atoms with Crippen molar-refractivity contribution < 1.29 is 4.74 Å². The fourth-order valence-electron chi connectivity index (χ4n) is 1.40. The van der Waals surface area contributed by atoms with Crippen molar-refractivity contribution in [2.45, 2.75) is 13.8 Å². The molecule has 0 radical (unpaired) electrons. The first kappa shape index (κ1) is 15.8. The topological polar surface area (TPSA) is 27.7 Å². The van der Waals surface area contributed by atoms with Crippen molar-refractivity contribution in [3.63, 3.8) is 0 Å². The van der Waals surface area contributed by atoms with Gasteiger partial charge >= 0.3 is 0 Å². The lowest BCUT2D eigenvalue weighted by molar-refractivity contribution is 0.119. The molecule has 0 aliphatic carbocycles. The maximum absolute atomic E-state index is 5.49. The molecule has 0 aromatic rings. The SMILES string of the molecule is CCN(CC)CCNCCOCCN(C)C. The van der Waals surface area contributed by atoms with E-state index in [-0.39, 0.29) is 0 Å². The quantitative estimate of drug-likeness (QED) is 0.524. The minimum absolute atomic E-state index is 0.812. The Balaban J connectivity index is 3.09. The van der Waals surface area contributed by atoms with E-state index in [4.69, 9.17) is 4.74 Å². The molecule has 0 saturated carbocycles. The molecule has 4 heteroatoms. The Morgan fingerprint density at radius 3 is 2.19 bits per heavy atom. The molecule has 0 unspecified atom stereocenters. The summed E-state index contributed by atoms with van der Waals surface area (Å²) in [6.45, 7) is 12.4. The van der Waals surface area contributed by atoms with Crippen LogP contribution >= 0.6 is 0 Å². The summed E-state index contributed by atoms with van der Waals surface area (Å²) in [4.78, 5) is 4.55. The molecule has 0 rings (SSSR count). The van der Waals surface area contributed by atoms with E-state index in [1.165, 1.54) is 0 Å². The van der Waals surface area contributed by atoms with E-state index in [0.29, 0.717) is 0 Å². The van der Waals surface area contributed by atoms with E-state index in [2.05, 4.69) is 43.1 Å². The highest BCUT2D eigenvalue weighted by atomic mass is 16.5. The van der Waals surface area contributed by atoms with Gasteiger partial charge in [-0.3, -0.25) is 0 Å². The van der Waals surface area contributed by atoms with Gasteiger partial charge in [0.1, 0.15) is 0 Å². The first-order valence-electron chi connectivity index (χ1n) is 6.36. The largest absolute Gasteiger partial charge is 0.379 e. The summed E-state index contributed by atoms with van der Waals surface area (Å²) < 4.78 is 5.49. The van der Waals surface area contributed by atoms with Gasteiger partial charge in [0.25, 0.3) is 0 Å². The molecule has 16 heavy (non-hydrogen) atoms. The van der Waals surface area contributed by atoms with Crippen LogP contribution in [-0.4, -0.2) is 76.4 Å². The second kappa shape index (κ2) is 11.3. The van der Waals surface area contributed by atoms with Crippen LogP contribution in [0.25, 0.3) is 0 Å². The van der Waals surface area contributed by atoms with Gasteiger partial charge in [-0.25, -0.2) is 0 Å². The minimum atomic E-state index is 0.812. The van der Waals surface area contributed by atoms with Gasteiger partial charge in [-0.2, -0.15) is 0 Å². The highest BCUT2D eigenvalue weighted by Crippen LogP contribution is 1.84. The predicted molar refractivity (Wildman–Crippen MR) is 70.0 cm³/mol. The van der Waals surface area contributed by atoms with E-state index in [1.807, 2.05) is 0 Å². The molecule has 1 N–H and O–H groups in total. The molecule has 0 atom stereocenters. The number of hydrogen-bond acceptors (Lipinski definition) is 4. The minimum Gasteiger partial charge on any atom is -0.379 e. The molecule has 0 amide bonds. The van der Waals surface area contributed by atoms with E-state index in [9.17, 15) is 0 Å². The summed E-state index contributed by atoms with van der Waals surface area (Å²) >= 11 is 0. The molecule has 98 valence electrons. The zero-order valence-corrected chi connectivity index (χ0v) is 11.5. The van der Waals surface area contributed by atoms with Gasteiger partial charge in [0.05, 0.1) is 13.2 Å². The summed E-state index contributed by atoms with van der Waals surface area (Å²) in [5.41, 5.74) is 0. The molecule has 0 heterocycles. The van der Waals surface area contributed by atoms with Crippen molar-refractivity contribution in [1.29, 1.82) is 0 Å². The second-order valence-electron chi connectivity index (χ2n) is 4.19. The Kier molecular flexibility index (Phi) is 11.2. The average molecular weight is 231 g/mol. The summed E-state index contributed by atoms with van der Waals surface area (Å²) in [5.74, 6) is 0. The lowest BCUT2D eigenvalue weighted by Crippen LogP contribution is -2.33. The number of nitrogens with zero attached hydrogens (tertiary/aromatic N) is 2. The Bertz CT molecular complexity index is 138. The van der Waals surface area contributed by atoms with Gasteiger partial charge in [0, 0.05) is 26.2 Å². The molecule has 0 aromatic heterocycles.